The SMILES string of the molecule is C=CCOc1ccc(C(=O)N2CCC(N(CC)CC(=O)O)CC2)cc1. The first-order valence-electron chi connectivity index (χ1n) is 8.64. The standard InChI is InChI=1S/C19H26N2O4/c1-3-13-25-17-7-5-15(6-8-17)19(24)21-11-9-16(10-12-21)20(4-2)14-18(22)23/h3,5-8,16H,1,4,9-14H2,2H3,(H,22,23). The predicted molar refractivity (Wildman–Crippen MR) is 95.9 cm³/mol. The van der Waals surface area contributed by atoms with Gasteiger partial charge < -0.3 is 14.7 Å². The van der Waals surface area contributed by atoms with Crippen molar-refractivity contribution >= 4 is 11.9 Å². The number of aliphatic carboxylic acids is 1. The van der Waals surface area contributed by atoms with Gasteiger partial charge in [-0.15, -0.1) is 0 Å². The highest BCUT2D eigenvalue weighted by atomic mass is 16.5. The van der Waals surface area contributed by atoms with E-state index in [-0.39, 0.29) is 18.5 Å². The Bertz CT molecular complexity index is 592. The molecule has 1 aromatic carbocycles. The number of ether oxygens (including phenoxy) is 1. The molecule has 6 heteroatoms. The molecule has 1 fully saturated rings. The van der Waals surface area contributed by atoms with Crippen LogP contribution in [0.5, 0.6) is 5.75 Å². The van der Waals surface area contributed by atoms with Gasteiger partial charge in [0.2, 0.25) is 0 Å². The van der Waals surface area contributed by atoms with E-state index in [4.69, 9.17) is 9.84 Å². The summed E-state index contributed by atoms with van der Waals surface area (Å²) >= 11 is 0. The van der Waals surface area contributed by atoms with Crippen LogP contribution in [-0.4, -0.2) is 65.6 Å². The van der Waals surface area contributed by atoms with Gasteiger partial charge in [-0.2, -0.15) is 0 Å². The molecule has 0 spiro atoms. The average Bonchev–Trinajstić information content (AvgIpc) is 2.64. The Morgan fingerprint density at radius 3 is 2.48 bits per heavy atom. The number of likely N-dealkylation sites (tertiary alicyclic amines) is 1. The zero-order valence-corrected chi connectivity index (χ0v) is 14.7. The number of rotatable bonds is 8. The summed E-state index contributed by atoms with van der Waals surface area (Å²) < 4.78 is 5.42. The van der Waals surface area contributed by atoms with Gasteiger partial charge in [-0.05, 0) is 43.7 Å². The first-order valence-corrected chi connectivity index (χ1v) is 8.64. The van der Waals surface area contributed by atoms with Gasteiger partial charge in [0.25, 0.3) is 5.91 Å². The predicted octanol–water partition coefficient (Wildman–Crippen LogP) is 2.26. The smallest absolute Gasteiger partial charge is 0.317 e. The summed E-state index contributed by atoms with van der Waals surface area (Å²) in [7, 11) is 0. The summed E-state index contributed by atoms with van der Waals surface area (Å²) in [5.74, 6) is -0.0865. The maximum absolute atomic E-state index is 12.6. The van der Waals surface area contributed by atoms with Gasteiger partial charge in [-0.3, -0.25) is 14.5 Å². The van der Waals surface area contributed by atoms with Crippen LogP contribution in [0.25, 0.3) is 0 Å². The van der Waals surface area contributed by atoms with E-state index in [1.165, 1.54) is 0 Å². The molecule has 2 rings (SSSR count). The highest BCUT2D eigenvalue weighted by molar-refractivity contribution is 5.94. The molecule has 0 radical (unpaired) electrons. The molecule has 0 atom stereocenters. The van der Waals surface area contributed by atoms with Gasteiger partial charge in [-0.25, -0.2) is 0 Å². The number of hydrogen-bond acceptors (Lipinski definition) is 4. The lowest BCUT2D eigenvalue weighted by Gasteiger charge is -2.37. The number of carbonyl (C=O) groups excluding carboxylic acids is 1. The first kappa shape index (κ1) is 19.0. The summed E-state index contributed by atoms with van der Waals surface area (Å²) in [6, 6.07) is 7.34. The van der Waals surface area contributed by atoms with Crippen LogP contribution in [0.3, 0.4) is 0 Å². The third-order valence-electron chi connectivity index (χ3n) is 4.48. The van der Waals surface area contributed by atoms with Gasteiger partial charge in [0, 0.05) is 24.7 Å². The Hall–Kier alpha value is -2.34. The number of benzene rings is 1. The second kappa shape index (κ2) is 9.22. The fourth-order valence-electron chi connectivity index (χ4n) is 3.14. The third kappa shape index (κ3) is 5.32. The van der Waals surface area contributed by atoms with E-state index in [2.05, 4.69) is 6.58 Å². The fourth-order valence-corrected chi connectivity index (χ4v) is 3.14. The highest BCUT2D eigenvalue weighted by Gasteiger charge is 2.27. The van der Waals surface area contributed by atoms with Crippen molar-refractivity contribution in [2.45, 2.75) is 25.8 Å². The van der Waals surface area contributed by atoms with Crippen molar-refractivity contribution in [2.75, 3.05) is 32.8 Å². The van der Waals surface area contributed by atoms with Crippen molar-refractivity contribution in [2.24, 2.45) is 0 Å². The zero-order valence-electron chi connectivity index (χ0n) is 14.7. The average molecular weight is 346 g/mol. The zero-order chi connectivity index (χ0) is 18.2. The second-order valence-corrected chi connectivity index (χ2v) is 6.10. The lowest BCUT2D eigenvalue weighted by atomic mass is 10.0. The minimum absolute atomic E-state index is 0.00926. The lowest BCUT2D eigenvalue weighted by molar-refractivity contribution is -0.139. The molecular formula is C19H26N2O4. The van der Waals surface area contributed by atoms with Crippen LogP contribution < -0.4 is 4.74 Å². The quantitative estimate of drug-likeness (QED) is 0.731. The molecule has 1 aromatic rings. The molecule has 136 valence electrons. The monoisotopic (exact) mass is 346 g/mol. The minimum Gasteiger partial charge on any atom is -0.490 e. The maximum Gasteiger partial charge on any atom is 0.317 e. The summed E-state index contributed by atoms with van der Waals surface area (Å²) in [5.41, 5.74) is 0.641. The normalized spacial score (nSPS) is 15.2. The van der Waals surface area contributed by atoms with Gasteiger partial charge >= 0.3 is 5.97 Å². The third-order valence-corrected chi connectivity index (χ3v) is 4.48. The number of carboxylic acids is 1. The van der Waals surface area contributed by atoms with Crippen molar-refractivity contribution < 1.29 is 19.4 Å². The van der Waals surface area contributed by atoms with E-state index in [0.717, 1.165) is 12.8 Å². The Morgan fingerprint density at radius 1 is 1.32 bits per heavy atom. The van der Waals surface area contributed by atoms with Crippen molar-refractivity contribution in [3.05, 3.63) is 42.5 Å². The van der Waals surface area contributed by atoms with Crippen molar-refractivity contribution in [1.82, 2.24) is 9.80 Å². The van der Waals surface area contributed by atoms with Crippen LogP contribution >= 0.6 is 0 Å². The minimum atomic E-state index is -0.806. The summed E-state index contributed by atoms with van der Waals surface area (Å²) in [6.45, 7) is 8.06. The number of hydrogen-bond donors (Lipinski definition) is 1. The van der Waals surface area contributed by atoms with Gasteiger partial charge in [-0.1, -0.05) is 19.6 Å². The van der Waals surface area contributed by atoms with Crippen LogP contribution in [0, 0.1) is 0 Å². The van der Waals surface area contributed by atoms with Gasteiger partial charge in [0.1, 0.15) is 12.4 Å². The van der Waals surface area contributed by atoms with E-state index >= 15 is 0 Å². The number of carbonyl (C=O) groups is 2. The van der Waals surface area contributed by atoms with Crippen molar-refractivity contribution in [3.8, 4) is 5.75 Å². The summed E-state index contributed by atoms with van der Waals surface area (Å²) in [6.07, 6.45) is 3.27. The van der Waals surface area contributed by atoms with E-state index in [1.54, 1.807) is 30.3 Å². The van der Waals surface area contributed by atoms with Crippen LogP contribution in [0.4, 0.5) is 0 Å². The molecule has 1 saturated heterocycles. The molecule has 1 aliphatic heterocycles. The molecule has 0 aromatic heterocycles. The van der Waals surface area contributed by atoms with Crippen molar-refractivity contribution in [3.63, 3.8) is 0 Å². The molecule has 0 saturated carbocycles. The fraction of sp³-hybridized carbons (Fsp3) is 0.474. The van der Waals surface area contributed by atoms with Crippen LogP contribution in [0.15, 0.2) is 36.9 Å². The largest absolute Gasteiger partial charge is 0.490 e. The molecule has 0 unspecified atom stereocenters. The Kier molecular flexibility index (Phi) is 7.01. The lowest BCUT2D eigenvalue weighted by Crippen LogP contribution is -2.48. The van der Waals surface area contributed by atoms with Gasteiger partial charge in [0.05, 0.1) is 6.54 Å². The van der Waals surface area contributed by atoms with Crippen LogP contribution in [-0.2, 0) is 4.79 Å². The second-order valence-electron chi connectivity index (χ2n) is 6.10. The molecule has 0 aliphatic carbocycles. The maximum atomic E-state index is 12.6. The van der Waals surface area contributed by atoms with E-state index in [9.17, 15) is 9.59 Å². The molecule has 0 bridgehead atoms. The molecule has 1 aliphatic rings. The Morgan fingerprint density at radius 2 is 1.96 bits per heavy atom. The van der Waals surface area contributed by atoms with E-state index in [1.807, 2.05) is 16.7 Å². The Labute approximate surface area is 148 Å². The molecule has 6 nitrogen and oxygen atoms in total. The summed E-state index contributed by atoms with van der Waals surface area (Å²) in [5, 5.41) is 8.99. The van der Waals surface area contributed by atoms with Crippen LogP contribution in [0.2, 0.25) is 0 Å². The number of amides is 1. The van der Waals surface area contributed by atoms with Crippen LogP contribution in [0.1, 0.15) is 30.1 Å². The van der Waals surface area contributed by atoms with Gasteiger partial charge in [0.15, 0.2) is 0 Å². The van der Waals surface area contributed by atoms with Crippen molar-refractivity contribution in [1.29, 1.82) is 0 Å². The molecular weight excluding hydrogens is 320 g/mol. The topological polar surface area (TPSA) is 70.1 Å². The molecule has 1 N–H and O–H groups in total. The Balaban J connectivity index is 1.90. The number of likely N-dealkylation sites (N-methyl/N-ethyl adjacent to an activating group) is 1. The van der Waals surface area contributed by atoms with E-state index in [0.29, 0.717) is 37.6 Å². The van der Waals surface area contributed by atoms with E-state index < -0.39 is 5.97 Å². The number of piperidine rings is 1. The molecule has 1 amide bonds. The molecule has 25 heavy (non-hydrogen) atoms. The number of carboxylic acid groups (broad SMARTS) is 1. The summed E-state index contributed by atoms with van der Waals surface area (Å²) in [4.78, 5) is 27.4. The molecule has 1 heterocycles. The first-order chi connectivity index (χ1) is 12.0. The number of nitrogens with zero attached hydrogens (tertiary/aromatic N) is 2. The highest BCUT2D eigenvalue weighted by Crippen LogP contribution is 2.20.